The SMILES string of the molecule is Cc1ccncc1N1CCN(c2ccccc2C(=O)O)C1=O. The van der Waals surface area contributed by atoms with E-state index in [2.05, 4.69) is 4.98 Å². The van der Waals surface area contributed by atoms with Crippen molar-refractivity contribution in [3.8, 4) is 0 Å². The van der Waals surface area contributed by atoms with Gasteiger partial charge in [-0.15, -0.1) is 0 Å². The molecule has 0 spiro atoms. The second-order valence-corrected chi connectivity index (χ2v) is 5.07. The van der Waals surface area contributed by atoms with Gasteiger partial charge in [0, 0.05) is 19.3 Å². The molecule has 1 aromatic carbocycles. The van der Waals surface area contributed by atoms with Crippen LogP contribution in [0.5, 0.6) is 0 Å². The van der Waals surface area contributed by atoms with Gasteiger partial charge in [-0.3, -0.25) is 14.8 Å². The first-order valence-corrected chi connectivity index (χ1v) is 6.91. The second kappa shape index (κ2) is 5.48. The number of carbonyl (C=O) groups is 2. The molecule has 2 heterocycles. The molecule has 0 atom stereocenters. The van der Waals surface area contributed by atoms with E-state index in [-0.39, 0.29) is 11.6 Å². The molecule has 0 bridgehead atoms. The van der Waals surface area contributed by atoms with Crippen LogP contribution in [0.15, 0.2) is 42.7 Å². The van der Waals surface area contributed by atoms with Gasteiger partial charge in [0.25, 0.3) is 0 Å². The van der Waals surface area contributed by atoms with Crippen LogP contribution >= 0.6 is 0 Å². The summed E-state index contributed by atoms with van der Waals surface area (Å²) < 4.78 is 0. The number of carboxylic acids is 1. The Morgan fingerprint density at radius 3 is 2.50 bits per heavy atom. The first-order chi connectivity index (χ1) is 10.6. The standard InChI is InChI=1S/C16H15N3O3/c1-11-6-7-17-10-14(11)19-9-8-18(16(19)22)13-5-3-2-4-12(13)15(20)21/h2-7,10H,8-9H2,1H3,(H,20,21). The van der Waals surface area contributed by atoms with Crippen molar-refractivity contribution in [3.05, 3.63) is 53.9 Å². The van der Waals surface area contributed by atoms with Crippen LogP contribution in [-0.4, -0.2) is 35.2 Å². The molecule has 22 heavy (non-hydrogen) atoms. The number of benzene rings is 1. The summed E-state index contributed by atoms with van der Waals surface area (Å²) in [5.41, 5.74) is 2.25. The van der Waals surface area contributed by atoms with E-state index in [0.29, 0.717) is 18.8 Å². The minimum atomic E-state index is -1.04. The molecule has 1 aromatic heterocycles. The highest BCUT2D eigenvalue weighted by Crippen LogP contribution is 2.28. The summed E-state index contributed by atoms with van der Waals surface area (Å²) in [6, 6.07) is 8.15. The van der Waals surface area contributed by atoms with Gasteiger partial charge in [0.15, 0.2) is 0 Å². The molecule has 0 radical (unpaired) electrons. The Hall–Kier alpha value is -2.89. The van der Waals surface area contributed by atoms with E-state index in [9.17, 15) is 14.7 Å². The minimum absolute atomic E-state index is 0.126. The molecule has 1 aliphatic heterocycles. The minimum Gasteiger partial charge on any atom is -0.478 e. The lowest BCUT2D eigenvalue weighted by atomic mass is 10.1. The Kier molecular flexibility index (Phi) is 3.50. The zero-order valence-corrected chi connectivity index (χ0v) is 12.1. The summed E-state index contributed by atoms with van der Waals surface area (Å²) in [4.78, 5) is 31.2. The number of urea groups is 1. The lowest BCUT2D eigenvalue weighted by Gasteiger charge is -2.20. The number of rotatable bonds is 3. The van der Waals surface area contributed by atoms with Crippen LogP contribution < -0.4 is 9.80 Å². The van der Waals surface area contributed by atoms with Gasteiger partial charge >= 0.3 is 12.0 Å². The summed E-state index contributed by atoms with van der Waals surface area (Å²) in [5, 5.41) is 9.28. The fraction of sp³-hybridized carbons (Fsp3) is 0.188. The molecule has 2 amide bonds. The smallest absolute Gasteiger partial charge is 0.337 e. The highest BCUT2D eigenvalue weighted by Gasteiger charge is 2.33. The number of amides is 2. The predicted molar refractivity (Wildman–Crippen MR) is 82.5 cm³/mol. The summed E-state index contributed by atoms with van der Waals surface area (Å²) in [6.07, 6.45) is 3.33. The normalized spacial score (nSPS) is 14.5. The van der Waals surface area contributed by atoms with Crippen LogP contribution in [0.2, 0.25) is 0 Å². The highest BCUT2D eigenvalue weighted by atomic mass is 16.4. The monoisotopic (exact) mass is 297 g/mol. The highest BCUT2D eigenvalue weighted by molar-refractivity contribution is 6.09. The Morgan fingerprint density at radius 2 is 1.82 bits per heavy atom. The third kappa shape index (κ3) is 2.28. The van der Waals surface area contributed by atoms with Crippen LogP contribution in [0.3, 0.4) is 0 Å². The van der Waals surface area contributed by atoms with E-state index < -0.39 is 5.97 Å². The Balaban J connectivity index is 1.95. The second-order valence-electron chi connectivity index (χ2n) is 5.07. The van der Waals surface area contributed by atoms with Crippen molar-refractivity contribution in [3.63, 3.8) is 0 Å². The number of carbonyl (C=O) groups excluding carboxylic acids is 1. The number of nitrogens with zero attached hydrogens (tertiary/aromatic N) is 3. The molecule has 1 aliphatic rings. The number of para-hydroxylation sites is 1. The topological polar surface area (TPSA) is 73.7 Å². The molecular formula is C16H15N3O3. The van der Waals surface area contributed by atoms with Crippen molar-refractivity contribution in [2.75, 3.05) is 22.9 Å². The van der Waals surface area contributed by atoms with Gasteiger partial charge < -0.3 is 5.11 Å². The molecule has 112 valence electrons. The van der Waals surface area contributed by atoms with Crippen molar-refractivity contribution in [1.29, 1.82) is 0 Å². The van der Waals surface area contributed by atoms with Gasteiger partial charge in [0.1, 0.15) is 0 Å². The van der Waals surface area contributed by atoms with Crippen molar-refractivity contribution in [1.82, 2.24) is 4.98 Å². The fourth-order valence-corrected chi connectivity index (χ4v) is 2.61. The molecule has 6 heteroatoms. The maximum absolute atomic E-state index is 12.7. The average molecular weight is 297 g/mol. The third-order valence-corrected chi connectivity index (χ3v) is 3.74. The largest absolute Gasteiger partial charge is 0.478 e. The molecular weight excluding hydrogens is 282 g/mol. The zero-order chi connectivity index (χ0) is 15.7. The van der Waals surface area contributed by atoms with Crippen LogP contribution in [-0.2, 0) is 0 Å². The lowest BCUT2D eigenvalue weighted by Crippen LogP contribution is -2.33. The molecule has 6 nitrogen and oxygen atoms in total. The van der Waals surface area contributed by atoms with Crippen LogP contribution in [0.4, 0.5) is 16.2 Å². The number of aromatic carboxylic acids is 1. The van der Waals surface area contributed by atoms with Crippen LogP contribution in [0.25, 0.3) is 0 Å². The number of hydrogen-bond donors (Lipinski definition) is 1. The van der Waals surface area contributed by atoms with E-state index in [1.54, 1.807) is 35.5 Å². The number of carboxylic acid groups (broad SMARTS) is 1. The van der Waals surface area contributed by atoms with Gasteiger partial charge in [-0.1, -0.05) is 12.1 Å². The summed E-state index contributed by atoms with van der Waals surface area (Å²) in [6.45, 7) is 2.86. The van der Waals surface area contributed by atoms with Gasteiger partial charge in [0.2, 0.25) is 0 Å². The average Bonchev–Trinajstić information content (AvgIpc) is 2.89. The molecule has 0 unspecified atom stereocenters. The van der Waals surface area contributed by atoms with E-state index in [4.69, 9.17) is 0 Å². The predicted octanol–water partition coefficient (Wildman–Crippen LogP) is 2.53. The first kappa shape index (κ1) is 14.1. The van der Waals surface area contributed by atoms with Gasteiger partial charge in [-0.2, -0.15) is 0 Å². The number of pyridine rings is 1. The molecule has 1 saturated heterocycles. The molecule has 1 N–H and O–H groups in total. The summed E-state index contributed by atoms with van der Waals surface area (Å²) in [5.74, 6) is -1.04. The van der Waals surface area contributed by atoms with Crippen molar-refractivity contribution < 1.29 is 14.7 Å². The van der Waals surface area contributed by atoms with Crippen molar-refractivity contribution >= 4 is 23.4 Å². The van der Waals surface area contributed by atoms with E-state index in [0.717, 1.165) is 11.3 Å². The maximum atomic E-state index is 12.7. The quantitative estimate of drug-likeness (QED) is 0.944. The fourth-order valence-electron chi connectivity index (χ4n) is 2.61. The number of aromatic nitrogens is 1. The lowest BCUT2D eigenvalue weighted by molar-refractivity contribution is 0.0697. The first-order valence-electron chi connectivity index (χ1n) is 6.91. The van der Waals surface area contributed by atoms with Crippen molar-refractivity contribution in [2.24, 2.45) is 0 Å². The van der Waals surface area contributed by atoms with Crippen molar-refractivity contribution in [2.45, 2.75) is 6.92 Å². The van der Waals surface area contributed by atoms with Crippen LogP contribution in [0.1, 0.15) is 15.9 Å². The molecule has 2 aromatic rings. The third-order valence-electron chi connectivity index (χ3n) is 3.74. The molecule has 1 fully saturated rings. The molecule has 3 rings (SSSR count). The van der Waals surface area contributed by atoms with E-state index in [1.165, 1.54) is 11.0 Å². The number of anilines is 2. The van der Waals surface area contributed by atoms with E-state index >= 15 is 0 Å². The number of hydrogen-bond acceptors (Lipinski definition) is 3. The van der Waals surface area contributed by atoms with Gasteiger partial charge in [0.05, 0.1) is 23.1 Å². The Morgan fingerprint density at radius 1 is 1.14 bits per heavy atom. The van der Waals surface area contributed by atoms with E-state index in [1.807, 2.05) is 13.0 Å². The zero-order valence-electron chi connectivity index (χ0n) is 12.1. The van der Waals surface area contributed by atoms with Gasteiger partial charge in [-0.25, -0.2) is 9.59 Å². The summed E-state index contributed by atoms with van der Waals surface area (Å²) in [7, 11) is 0. The number of aryl methyl sites for hydroxylation is 1. The Bertz CT molecular complexity index is 745. The maximum Gasteiger partial charge on any atom is 0.337 e. The molecule has 0 aliphatic carbocycles. The molecule has 0 saturated carbocycles. The summed E-state index contributed by atoms with van der Waals surface area (Å²) >= 11 is 0. The van der Waals surface area contributed by atoms with Gasteiger partial charge in [-0.05, 0) is 30.7 Å². The van der Waals surface area contributed by atoms with Crippen LogP contribution in [0, 0.1) is 6.92 Å². The Labute approximate surface area is 127 Å².